The van der Waals surface area contributed by atoms with Crippen molar-refractivity contribution in [3.63, 3.8) is 0 Å². The molecule has 1 rings (SSSR count). The van der Waals surface area contributed by atoms with E-state index in [4.69, 9.17) is 37.5 Å². The predicted molar refractivity (Wildman–Crippen MR) is 44.3 cm³/mol. The quantitative estimate of drug-likeness (QED) is 0.246. The van der Waals surface area contributed by atoms with E-state index >= 15 is 0 Å². The minimum absolute atomic E-state index is 0. The van der Waals surface area contributed by atoms with Crippen molar-refractivity contribution < 1.29 is 37.7 Å². The van der Waals surface area contributed by atoms with Crippen LogP contribution in [-0.2, 0) is 25.3 Å². The van der Waals surface area contributed by atoms with Crippen molar-refractivity contribution in [2.24, 2.45) is 0 Å². The summed E-state index contributed by atoms with van der Waals surface area (Å²) in [6.45, 7) is 0. The first-order valence-electron chi connectivity index (χ1n) is 1.68. The SMILES string of the molecule is S=c1sc([S-])c([S-])s1.[Li+].[Li+]. The maximum absolute atomic E-state index is 4.83. The van der Waals surface area contributed by atoms with Gasteiger partial charge in [0.05, 0.1) is 0 Å². The van der Waals surface area contributed by atoms with Gasteiger partial charge >= 0.3 is 37.7 Å². The zero-order chi connectivity index (χ0) is 6.15. The van der Waals surface area contributed by atoms with E-state index in [1.165, 1.54) is 22.7 Å². The summed E-state index contributed by atoms with van der Waals surface area (Å²) >= 11 is 17.3. The van der Waals surface area contributed by atoms with Crippen molar-refractivity contribution in [2.45, 2.75) is 8.42 Å². The Morgan fingerprint density at radius 2 is 1.30 bits per heavy atom. The van der Waals surface area contributed by atoms with Gasteiger partial charge in [-0.2, -0.15) is 0 Å². The molecule has 0 atom stereocenters. The van der Waals surface area contributed by atoms with Crippen LogP contribution < -0.4 is 37.7 Å². The van der Waals surface area contributed by atoms with E-state index in [9.17, 15) is 0 Å². The van der Waals surface area contributed by atoms with Gasteiger partial charge < -0.3 is 47.9 Å². The average Bonchev–Trinajstić information content (AvgIpc) is 1.85. The van der Waals surface area contributed by atoms with Crippen LogP contribution in [0.15, 0.2) is 8.42 Å². The fourth-order valence-corrected chi connectivity index (χ4v) is 3.52. The third-order valence-corrected chi connectivity index (χ3v) is 4.06. The van der Waals surface area contributed by atoms with Crippen LogP contribution in [0, 0.1) is 3.14 Å². The first-order valence-corrected chi connectivity index (χ1v) is 4.54. The van der Waals surface area contributed by atoms with Gasteiger partial charge in [-0.3, -0.25) is 0 Å². The van der Waals surface area contributed by atoms with Gasteiger partial charge in [-0.15, -0.1) is 20.6 Å². The summed E-state index contributed by atoms with van der Waals surface area (Å²) in [7, 11) is 0. The molecule has 0 saturated heterocycles. The molecule has 0 amide bonds. The van der Waals surface area contributed by atoms with Crippen molar-refractivity contribution >= 4 is 60.1 Å². The molecule has 0 aliphatic heterocycles. The van der Waals surface area contributed by atoms with Gasteiger partial charge in [-0.05, 0) is 3.14 Å². The predicted octanol–water partition coefficient (Wildman–Crippen LogP) is -3.64. The molecule has 0 aliphatic rings. The maximum Gasteiger partial charge on any atom is 1.00 e. The monoisotopic (exact) mass is 210 g/mol. The Balaban J connectivity index is 0. The van der Waals surface area contributed by atoms with Crippen LogP contribution in [0.2, 0.25) is 0 Å². The molecule has 0 spiro atoms. The molecule has 0 aliphatic carbocycles. The van der Waals surface area contributed by atoms with Gasteiger partial charge in [-0.25, -0.2) is 0 Å². The van der Waals surface area contributed by atoms with Crippen molar-refractivity contribution in [1.29, 1.82) is 0 Å². The molecule has 0 unspecified atom stereocenters. The second kappa shape index (κ2) is 6.42. The van der Waals surface area contributed by atoms with E-state index < -0.39 is 0 Å². The molecule has 0 radical (unpaired) electrons. The molecule has 1 aromatic heterocycles. The second-order valence-corrected chi connectivity index (χ2v) is 5.59. The Labute approximate surface area is 108 Å². The summed E-state index contributed by atoms with van der Waals surface area (Å²) in [6, 6.07) is 0. The summed E-state index contributed by atoms with van der Waals surface area (Å²) in [5.74, 6) is 0. The molecule has 10 heavy (non-hydrogen) atoms. The standard InChI is InChI=1S/C3H2S5.2Li/c4-1-2(5)8-3(6)7-1;;/h4-5H;;/q;2*+1/p-2. The molecule has 44 valence electrons. The van der Waals surface area contributed by atoms with Crippen molar-refractivity contribution in [1.82, 2.24) is 0 Å². The van der Waals surface area contributed by atoms with Crippen LogP contribution >= 0.6 is 34.9 Å². The molecular formula is C3Li2S5. The van der Waals surface area contributed by atoms with Gasteiger partial charge in [-0.1, -0.05) is 0 Å². The van der Waals surface area contributed by atoms with E-state index in [1.807, 2.05) is 0 Å². The summed E-state index contributed by atoms with van der Waals surface area (Å²) in [5, 5.41) is 0. The van der Waals surface area contributed by atoms with Crippen molar-refractivity contribution in [3.05, 3.63) is 3.14 Å². The summed E-state index contributed by atoms with van der Waals surface area (Å²) in [5.41, 5.74) is 0. The third-order valence-electron chi connectivity index (χ3n) is 0.519. The minimum Gasteiger partial charge on any atom is -0.429 e. The van der Waals surface area contributed by atoms with Crippen LogP contribution in [0.3, 0.4) is 0 Å². The molecule has 0 saturated carbocycles. The molecule has 0 N–H and O–H groups in total. The van der Waals surface area contributed by atoms with E-state index in [1.54, 1.807) is 0 Å². The molecule has 0 nitrogen and oxygen atoms in total. The fraction of sp³-hybridized carbons (Fsp3) is 0. The fourth-order valence-electron chi connectivity index (χ4n) is 0.256. The Morgan fingerprint density at radius 3 is 1.40 bits per heavy atom. The van der Waals surface area contributed by atoms with Gasteiger partial charge in [0, 0.05) is 0 Å². The summed E-state index contributed by atoms with van der Waals surface area (Å²) in [6.07, 6.45) is 0. The van der Waals surface area contributed by atoms with Crippen molar-refractivity contribution in [2.75, 3.05) is 0 Å². The Hall–Kier alpha value is 1.90. The minimum atomic E-state index is 0. The number of hydrogen-bond acceptors (Lipinski definition) is 5. The van der Waals surface area contributed by atoms with Crippen molar-refractivity contribution in [3.8, 4) is 0 Å². The molecule has 0 fully saturated rings. The van der Waals surface area contributed by atoms with Crippen LogP contribution in [-0.4, -0.2) is 0 Å². The molecule has 0 aromatic carbocycles. The Morgan fingerprint density at radius 1 is 1.00 bits per heavy atom. The Kier molecular flexibility index (Phi) is 9.27. The van der Waals surface area contributed by atoms with E-state index in [0.29, 0.717) is 0 Å². The molecule has 7 heteroatoms. The molecule has 1 heterocycles. The number of rotatable bonds is 0. The maximum atomic E-state index is 4.83. The van der Waals surface area contributed by atoms with E-state index in [-0.39, 0.29) is 37.7 Å². The second-order valence-electron chi connectivity index (χ2n) is 1.03. The number of hydrogen-bond donors (Lipinski definition) is 0. The largest absolute Gasteiger partial charge is 1.00 e. The molecule has 0 bridgehead atoms. The van der Waals surface area contributed by atoms with Gasteiger partial charge in [0.2, 0.25) is 0 Å². The summed E-state index contributed by atoms with van der Waals surface area (Å²) in [4.78, 5) is 0. The van der Waals surface area contributed by atoms with Gasteiger partial charge in [0.25, 0.3) is 0 Å². The normalized spacial score (nSPS) is 7.60. The van der Waals surface area contributed by atoms with E-state index in [2.05, 4.69) is 0 Å². The summed E-state index contributed by atoms with van der Waals surface area (Å²) < 4.78 is 2.35. The van der Waals surface area contributed by atoms with Crippen LogP contribution in [0.5, 0.6) is 0 Å². The zero-order valence-electron chi connectivity index (χ0n) is 5.54. The topological polar surface area (TPSA) is 0 Å². The zero-order valence-corrected chi connectivity index (χ0v) is 9.62. The van der Waals surface area contributed by atoms with Crippen LogP contribution in [0.25, 0.3) is 0 Å². The van der Waals surface area contributed by atoms with Gasteiger partial charge in [0.15, 0.2) is 0 Å². The molecular weight excluding hydrogens is 210 g/mol. The van der Waals surface area contributed by atoms with Gasteiger partial charge in [0.1, 0.15) is 0 Å². The average molecular weight is 210 g/mol. The first-order chi connectivity index (χ1) is 3.70. The smallest absolute Gasteiger partial charge is 0.429 e. The van der Waals surface area contributed by atoms with Crippen LogP contribution in [0.1, 0.15) is 0 Å². The van der Waals surface area contributed by atoms with Crippen LogP contribution in [0.4, 0.5) is 0 Å². The third kappa shape index (κ3) is 4.06. The first kappa shape index (κ1) is 14.4. The molecule has 1 aromatic rings. The van der Waals surface area contributed by atoms with E-state index in [0.717, 1.165) is 11.6 Å². The Bertz CT molecular complexity index is 215.